The second-order valence-electron chi connectivity index (χ2n) is 9.65. The molecule has 0 aliphatic rings. The number of benzene rings is 3. The molecule has 0 bridgehead atoms. The van der Waals surface area contributed by atoms with Crippen molar-refractivity contribution in [1.82, 2.24) is 10.2 Å². The van der Waals surface area contributed by atoms with Gasteiger partial charge in [-0.3, -0.25) is 13.9 Å². The first kappa shape index (κ1) is 34.0. The maximum Gasteiger partial charge on any atom is 0.264 e. The first-order valence-electron chi connectivity index (χ1n) is 13.9. The van der Waals surface area contributed by atoms with Crippen molar-refractivity contribution in [2.45, 2.75) is 50.6 Å². The Morgan fingerprint density at radius 3 is 2.14 bits per heavy atom. The van der Waals surface area contributed by atoms with E-state index in [2.05, 4.69) is 5.32 Å². The molecule has 0 aliphatic carbocycles. The van der Waals surface area contributed by atoms with Gasteiger partial charge in [-0.1, -0.05) is 67.7 Å². The van der Waals surface area contributed by atoms with Crippen LogP contribution in [0.25, 0.3) is 0 Å². The van der Waals surface area contributed by atoms with Crippen LogP contribution in [-0.4, -0.2) is 58.5 Å². The van der Waals surface area contributed by atoms with Crippen molar-refractivity contribution < 1.29 is 27.5 Å². The van der Waals surface area contributed by atoms with Gasteiger partial charge in [-0.05, 0) is 49.2 Å². The Hall–Kier alpha value is -3.47. The highest BCUT2D eigenvalue weighted by atomic mass is 35.5. The summed E-state index contributed by atoms with van der Waals surface area (Å²) in [7, 11) is -1.35. The van der Waals surface area contributed by atoms with E-state index in [-0.39, 0.29) is 35.2 Å². The molecule has 3 aromatic rings. The molecule has 0 saturated carbocycles. The number of sulfonamides is 1. The Bertz CT molecular complexity index is 1480. The van der Waals surface area contributed by atoms with E-state index in [9.17, 15) is 18.0 Å². The summed E-state index contributed by atoms with van der Waals surface area (Å²) < 4.78 is 39.8. The smallest absolute Gasteiger partial charge is 0.264 e. The van der Waals surface area contributed by atoms with Gasteiger partial charge in [0.05, 0.1) is 24.8 Å². The van der Waals surface area contributed by atoms with Crippen LogP contribution in [0.15, 0.2) is 71.6 Å². The fourth-order valence-electron chi connectivity index (χ4n) is 4.51. The molecule has 0 fully saturated rings. The Balaban J connectivity index is 2.12. The Labute approximate surface area is 263 Å². The summed E-state index contributed by atoms with van der Waals surface area (Å²) in [5, 5.41) is 3.53. The van der Waals surface area contributed by atoms with Gasteiger partial charge in [-0.25, -0.2) is 8.42 Å². The zero-order valence-electron chi connectivity index (χ0n) is 24.7. The van der Waals surface area contributed by atoms with Crippen LogP contribution in [0.4, 0.5) is 5.69 Å². The third kappa shape index (κ3) is 8.34. The fraction of sp³-hybridized carbons (Fsp3) is 0.355. The molecule has 43 heavy (non-hydrogen) atoms. The van der Waals surface area contributed by atoms with Crippen molar-refractivity contribution in [2.75, 3.05) is 31.6 Å². The van der Waals surface area contributed by atoms with Crippen molar-refractivity contribution >= 4 is 50.7 Å². The largest absolute Gasteiger partial charge is 0.493 e. The lowest BCUT2D eigenvalue weighted by Gasteiger charge is -2.33. The minimum atomic E-state index is -4.25. The van der Waals surface area contributed by atoms with E-state index < -0.39 is 28.5 Å². The lowest BCUT2D eigenvalue weighted by molar-refractivity contribution is -0.140. The highest BCUT2D eigenvalue weighted by Gasteiger charge is 2.34. The number of unbranched alkanes of at least 4 members (excludes halogenated alkanes) is 1. The first-order chi connectivity index (χ1) is 20.6. The number of nitrogens with one attached hydrogen (secondary N) is 1. The van der Waals surface area contributed by atoms with Crippen LogP contribution < -0.4 is 19.1 Å². The average Bonchev–Trinajstić information content (AvgIpc) is 3.01. The van der Waals surface area contributed by atoms with Crippen LogP contribution in [0, 0.1) is 0 Å². The van der Waals surface area contributed by atoms with E-state index in [0.717, 1.165) is 17.1 Å². The normalized spacial score (nSPS) is 11.9. The van der Waals surface area contributed by atoms with E-state index in [4.69, 9.17) is 32.7 Å². The molecule has 2 amide bonds. The maximum absolute atomic E-state index is 14.2. The van der Waals surface area contributed by atoms with E-state index in [0.29, 0.717) is 27.9 Å². The molecule has 3 rings (SSSR count). The fourth-order valence-corrected chi connectivity index (χ4v) is 6.45. The number of hydrogen-bond acceptors (Lipinski definition) is 6. The number of amides is 2. The predicted octanol–water partition coefficient (Wildman–Crippen LogP) is 5.93. The van der Waals surface area contributed by atoms with Crippen LogP contribution in [-0.2, 0) is 26.2 Å². The third-order valence-corrected chi connectivity index (χ3v) is 9.37. The maximum atomic E-state index is 14.2. The van der Waals surface area contributed by atoms with Gasteiger partial charge in [-0.15, -0.1) is 0 Å². The van der Waals surface area contributed by atoms with Crippen LogP contribution in [0.3, 0.4) is 0 Å². The van der Waals surface area contributed by atoms with E-state index in [1.54, 1.807) is 49.4 Å². The Morgan fingerprint density at radius 1 is 0.907 bits per heavy atom. The summed E-state index contributed by atoms with van der Waals surface area (Å²) >= 11 is 12.9. The second kappa shape index (κ2) is 15.8. The van der Waals surface area contributed by atoms with E-state index in [1.165, 1.54) is 43.4 Å². The minimum absolute atomic E-state index is 0.0115. The molecule has 0 aliphatic heterocycles. The summed E-state index contributed by atoms with van der Waals surface area (Å²) in [5.74, 6) is -0.305. The molecule has 232 valence electrons. The standard InChI is InChI=1S/C31H37Cl2N3O6S/c1-5-7-18-34-31(38)27(6-2)35(20-24-25(32)14-11-15-26(24)33)30(37)21-36(43(39,40)23-12-9-8-10-13-23)22-16-17-28(41-3)29(19-22)42-4/h8-17,19,27H,5-7,18,20-21H2,1-4H3,(H,34,38). The van der Waals surface area contributed by atoms with Crippen molar-refractivity contribution in [3.63, 3.8) is 0 Å². The molecule has 3 aromatic carbocycles. The van der Waals surface area contributed by atoms with Gasteiger partial charge in [0.1, 0.15) is 12.6 Å². The minimum Gasteiger partial charge on any atom is -0.493 e. The number of rotatable bonds is 15. The van der Waals surface area contributed by atoms with Crippen LogP contribution in [0.5, 0.6) is 11.5 Å². The predicted molar refractivity (Wildman–Crippen MR) is 170 cm³/mol. The number of carbonyl (C=O) groups is 2. The molecule has 0 spiro atoms. The molecule has 0 radical (unpaired) electrons. The number of anilines is 1. The second-order valence-corrected chi connectivity index (χ2v) is 12.3. The van der Waals surface area contributed by atoms with Crippen LogP contribution >= 0.6 is 23.2 Å². The number of nitrogens with zero attached hydrogens (tertiary/aromatic N) is 2. The van der Waals surface area contributed by atoms with Crippen LogP contribution in [0.2, 0.25) is 10.0 Å². The lowest BCUT2D eigenvalue weighted by atomic mass is 10.1. The summed E-state index contributed by atoms with van der Waals surface area (Å²) in [6, 6.07) is 16.4. The molecule has 0 heterocycles. The zero-order valence-corrected chi connectivity index (χ0v) is 27.0. The highest BCUT2D eigenvalue weighted by Crippen LogP contribution is 2.34. The lowest BCUT2D eigenvalue weighted by Crippen LogP contribution is -2.52. The molecule has 1 N–H and O–H groups in total. The number of ether oxygens (including phenoxy) is 2. The number of hydrogen-bond donors (Lipinski definition) is 1. The van der Waals surface area contributed by atoms with Gasteiger partial charge in [0, 0.05) is 34.8 Å². The van der Waals surface area contributed by atoms with E-state index >= 15 is 0 Å². The molecule has 0 saturated heterocycles. The number of halogens is 2. The quantitative estimate of drug-likeness (QED) is 0.205. The van der Waals surface area contributed by atoms with Crippen LogP contribution in [0.1, 0.15) is 38.7 Å². The van der Waals surface area contributed by atoms with Gasteiger partial charge in [0.25, 0.3) is 10.0 Å². The third-order valence-electron chi connectivity index (χ3n) is 6.87. The number of methoxy groups -OCH3 is 2. The molecular weight excluding hydrogens is 613 g/mol. The van der Waals surface area contributed by atoms with Crippen molar-refractivity contribution in [2.24, 2.45) is 0 Å². The average molecular weight is 651 g/mol. The van der Waals surface area contributed by atoms with E-state index in [1.807, 2.05) is 6.92 Å². The first-order valence-corrected chi connectivity index (χ1v) is 16.1. The van der Waals surface area contributed by atoms with Gasteiger partial charge in [-0.2, -0.15) is 0 Å². The summed E-state index contributed by atoms with van der Waals surface area (Å²) in [4.78, 5) is 28.9. The van der Waals surface area contributed by atoms with Gasteiger partial charge in [0.15, 0.2) is 11.5 Å². The van der Waals surface area contributed by atoms with Gasteiger partial charge >= 0.3 is 0 Å². The van der Waals surface area contributed by atoms with Crippen molar-refractivity contribution in [1.29, 1.82) is 0 Å². The number of carbonyl (C=O) groups excluding carboxylic acids is 2. The zero-order chi connectivity index (χ0) is 31.6. The molecular formula is C31H37Cl2N3O6S. The molecule has 1 atom stereocenters. The Morgan fingerprint density at radius 2 is 1.56 bits per heavy atom. The topological polar surface area (TPSA) is 105 Å². The molecule has 9 nitrogen and oxygen atoms in total. The SMILES string of the molecule is CCCCNC(=O)C(CC)N(Cc1c(Cl)cccc1Cl)C(=O)CN(c1ccc(OC)c(OC)c1)S(=O)(=O)c1ccccc1. The molecule has 12 heteroatoms. The summed E-state index contributed by atoms with van der Waals surface area (Å²) in [6.45, 7) is 3.51. The van der Waals surface area contributed by atoms with Crippen molar-refractivity contribution in [3.8, 4) is 11.5 Å². The van der Waals surface area contributed by atoms with Crippen molar-refractivity contribution in [3.05, 3.63) is 82.3 Å². The van der Waals surface area contributed by atoms with Gasteiger partial charge in [0.2, 0.25) is 11.8 Å². The Kier molecular flexibility index (Phi) is 12.5. The molecule has 1 unspecified atom stereocenters. The summed E-state index contributed by atoms with van der Waals surface area (Å²) in [5.41, 5.74) is 0.619. The monoisotopic (exact) mass is 649 g/mol. The summed E-state index contributed by atoms with van der Waals surface area (Å²) in [6.07, 6.45) is 1.93. The van der Waals surface area contributed by atoms with Gasteiger partial charge < -0.3 is 19.7 Å². The molecule has 0 aromatic heterocycles. The highest BCUT2D eigenvalue weighted by molar-refractivity contribution is 7.92.